The minimum absolute atomic E-state index is 0.987. The summed E-state index contributed by atoms with van der Waals surface area (Å²) in [6.07, 6.45) is 0. The molecule has 0 aromatic heterocycles. The third-order valence-electron chi connectivity index (χ3n) is 0.422. The topological polar surface area (TPSA) is 52.6 Å². The molecule has 0 rings (SSSR count). The minimum Gasteiger partial charge on any atom is -0.535 e. The van der Waals surface area contributed by atoms with E-state index in [2.05, 4.69) is 7.72 Å². The van der Waals surface area contributed by atoms with Gasteiger partial charge in [-0.05, 0) is 0 Å². The van der Waals surface area contributed by atoms with Gasteiger partial charge in [-0.2, -0.15) is 0 Å². The lowest BCUT2D eigenvalue weighted by molar-refractivity contribution is -0.154. The first-order valence-corrected chi connectivity index (χ1v) is 2.51. The maximum Gasteiger partial charge on any atom is 0.425 e. The summed E-state index contributed by atoms with van der Waals surface area (Å²) in [4.78, 5) is 20.1. The largest absolute Gasteiger partial charge is 0.535 e. The van der Waals surface area contributed by atoms with Gasteiger partial charge >= 0.3 is 20.0 Å². The summed E-state index contributed by atoms with van der Waals surface area (Å²) >= 11 is 1.30. The zero-order valence-corrected chi connectivity index (χ0v) is 6.17. The van der Waals surface area contributed by atoms with Crippen molar-refractivity contribution in [3.05, 3.63) is 0 Å². The molecule has 0 aromatic rings. The molecule has 0 N–H and O–H groups in total. The second-order valence-electron chi connectivity index (χ2n) is 0.856. The monoisotopic (exact) mass is 228 g/mol. The van der Waals surface area contributed by atoms with E-state index in [0.717, 1.165) is 8.05 Å². The average Bonchev–Trinajstić information content (AvgIpc) is 1.84. The van der Waals surface area contributed by atoms with Gasteiger partial charge in [0.15, 0.2) is 23.0 Å². The Morgan fingerprint density at radius 1 is 1.38 bits per heavy atom. The van der Waals surface area contributed by atoms with Crippen molar-refractivity contribution in [3.8, 4) is 0 Å². The smallest absolute Gasteiger partial charge is 0.425 e. The fourth-order valence-corrected chi connectivity index (χ4v) is 0.295. The Hall–Kier alpha value is -0.265. The van der Waals surface area contributed by atoms with Gasteiger partial charge in [0.25, 0.3) is 0 Å². The van der Waals surface area contributed by atoms with E-state index in [1.807, 2.05) is 0 Å². The molecule has 0 aliphatic carbocycles. The second kappa shape index (κ2) is 3.70. The summed E-state index contributed by atoms with van der Waals surface area (Å²) in [7, 11) is 1.11. The van der Waals surface area contributed by atoms with Crippen molar-refractivity contribution in [1.82, 2.24) is 0 Å². The van der Waals surface area contributed by atoms with Crippen LogP contribution in [0.15, 0.2) is 0 Å². The average molecular weight is 228 g/mol. The Bertz CT molecular complexity index is 98.6. The number of rotatable bonds is 0. The molecular formula is C2H2BIO4. The molecule has 0 aliphatic heterocycles. The Labute approximate surface area is 60.7 Å². The zero-order chi connectivity index (χ0) is 6.57. The number of hydrogen-bond donors (Lipinski definition) is 0. The third kappa shape index (κ3) is 2.15. The molecule has 0 amide bonds. The minimum atomic E-state index is -0.992. The number of hydrogen-bond acceptors (Lipinski definition) is 4. The Morgan fingerprint density at radius 3 is 2.00 bits per heavy atom. The number of halogens is 1. The highest BCUT2D eigenvalue weighted by atomic mass is 127. The van der Waals surface area contributed by atoms with Crippen molar-refractivity contribution in [3.63, 3.8) is 0 Å². The summed E-state index contributed by atoms with van der Waals surface area (Å²) < 4.78 is 7.94. The predicted octanol–water partition coefficient (Wildman–Crippen LogP) is -1.03. The number of carbonyl (C=O) groups is 2. The van der Waals surface area contributed by atoms with Crippen molar-refractivity contribution in [2.75, 3.05) is 0 Å². The highest BCUT2D eigenvalue weighted by Gasteiger charge is 2.12. The van der Waals surface area contributed by atoms with Crippen molar-refractivity contribution in [2.45, 2.75) is 0 Å². The van der Waals surface area contributed by atoms with Gasteiger partial charge in [0, 0.05) is 0 Å². The lowest BCUT2D eigenvalue weighted by Gasteiger charge is -1.91. The SMILES string of the molecule is BOC(=O)C(=O)OI. The van der Waals surface area contributed by atoms with Crippen molar-refractivity contribution >= 4 is 43.0 Å². The van der Waals surface area contributed by atoms with E-state index in [9.17, 15) is 9.59 Å². The summed E-state index contributed by atoms with van der Waals surface area (Å²) in [5.41, 5.74) is 0. The quantitative estimate of drug-likeness (QED) is 0.302. The van der Waals surface area contributed by atoms with Gasteiger partial charge in [-0.1, -0.05) is 0 Å². The predicted molar refractivity (Wildman–Crippen MR) is 34.7 cm³/mol. The normalized spacial score (nSPS) is 7.62. The van der Waals surface area contributed by atoms with E-state index in [-0.39, 0.29) is 0 Å². The molecule has 0 bridgehead atoms. The standard InChI is InChI=1S/C2H2BIO4/c3-7-1(5)2(6)8-4/h3H2. The maximum absolute atomic E-state index is 10.0. The molecule has 0 unspecified atom stereocenters. The molecule has 0 heterocycles. The molecule has 0 saturated heterocycles. The van der Waals surface area contributed by atoms with Crippen molar-refractivity contribution in [1.29, 1.82) is 0 Å². The highest BCUT2D eigenvalue weighted by Crippen LogP contribution is 1.87. The summed E-state index contributed by atoms with van der Waals surface area (Å²) in [6.45, 7) is 0. The van der Waals surface area contributed by atoms with Crippen LogP contribution in [0, 0.1) is 0 Å². The van der Waals surface area contributed by atoms with Gasteiger partial charge in [-0.3, -0.25) is 0 Å². The van der Waals surface area contributed by atoms with Crippen LogP contribution in [0.1, 0.15) is 0 Å². The van der Waals surface area contributed by atoms with Crippen LogP contribution < -0.4 is 0 Å². The van der Waals surface area contributed by atoms with Crippen LogP contribution >= 0.6 is 23.0 Å². The van der Waals surface area contributed by atoms with Crippen LogP contribution in [0.5, 0.6) is 0 Å². The number of carbonyl (C=O) groups excluding carboxylic acids is 2. The van der Waals surface area contributed by atoms with Crippen molar-refractivity contribution < 1.29 is 17.3 Å². The lowest BCUT2D eigenvalue weighted by Crippen LogP contribution is -2.15. The Morgan fingerprint density at radius 2 is 1.88 bits per heavy atom. The molecule has 0 atom stereocenters. The molecule has 44 valence electrons. The van der Waals surface area contributed by atoms with Gasteiger partial charge in [-0.15, -0.1) is 0 Å². The molecule has 0 saturated carbocycles. The summed E-state index contributed by atoms with van der Waals surface area (Å²) in [6, 6.07) is 0. The lowest BCUT2D eigenvalue weighted by atomic mass is 10.5. The van der Waals surface area contributed by atoms with E-state index in [0.29, 0.717) is 0 Å². The Kier molecular flexibility index (Phi) is 3.58. The van der Waals surface area contributed by atoms with Crippen LogP contribution in [0.25, 0.3) is 0 Å². The van der Waals surface area contributed by atoms with Crippen LogP contribution in [-0.4, -0.2) is 20.0 Å². The summed E-state index contributed by atoms with van der Waals surface area (Å²) in [5.74, 6) is -1.98. The van der Waals surface area contributed by atoms with Gasteiger partial charge in [0.05, 0.1) is 0 Å². The third-order valence-corrected chi connectivity index (χ3v) is 0.822. The van der Waals surface area contributed by atoms with E-state index < -0.39 is 11.9 Å². The first-order chi connectivity index (χ1) is 3.72. The molecule has 0 aromatic carbocycles. The second-order valence-corrected chi connectivity index (χ2v) is 1.30. The maximum atomic E-state index is 10.0. The van der Waals surface area contributed by atoms with Crippen LogP contribution in [0.2, 0.25) is 0 Å². The molecule has 0 fully saturated rings. The van der Waals surface area contributed by atoms with Crippen molar-refractivity contribution in [2.24, 2.45) is 0 Å². The van der Waals surface area contributed by atoms with E-state index >= 15 is 0 Å². The molecule has 0 radical (unpaired) electrons. The first kappa shape index (κ1) is 7.73. The molecule has 6 heteroatoms. The fourth-order valence-electron chi connectivity index (χ4n) is 0.115. The molecule has 8 heavy (non-hydrogen) atoms. The van der Waals surface area contributed by atoms with Gasteiger partial charge in [-0.25, -0.2) is 9.59 Å². The van der Waals surface area contributed by atoms with Gasteiger partial charge in [0.2, 0.25) is 0 Å². The zero-order valence-electron chi connectivity index (χ0n) is 4.01. The molecule has 0 spiro atoms. The molecule has 4 nitrogen and oxygen atoms in total. The van der Waals surface area contributed by atoms with E-state index in [1.165, 1.54) is 23.0 Å². The van der Waals surface area contributed by atoms with Crippen LogP contribution in [0.4, 0.5) is 0 Å². The molecule has 0 aliphatic rings. The highest BCUT2D eigenvalue weighted by molar-refractivity contribution is 14.1. The van der Waals surface area contributed by atoms with Crippen LogP contribution in [0.3, 0.4) is 0 Å². The fraction of sp³-hybridized carbons (Fsp3) is 0. The van der Waals surface area contributed by atoms with Crippen LogP contribution in [-0.2, 0) is 17.3 Å². The van der Waals surface area contributed by atoms with Gasteiger partial charge < -0.3 is 7.72 Å². The summed E-state index contributed by atoms with van der Waals surface area (Å²) in [5, 5.41) is 0. The van der Waals surface area contributed by atoms with E-state index in [4.69, 9.17) is 0 Å². The molecular weight excluding hydrogens is 226 g/mol. The van der Waals surface area contributed by atoms with Gasteiger partial charge in [0.1, 0.15) is 0 Å². The Balaban J connectivity index is 3.64. The van der Waals surface area contributed by atoms with E-state index in [1.54, 1.807) is 0 Å². The first-order valence-electron chi connectivity index (χ1n) is 1.63.